The molecule has 2 heterocycles. The second kappa shape index (κ2) is 6.41. The molecule has 2 fully saturated rings. The van der Waals surface area contributed by atoms with Gasteiger partial charge in [-0.15, -0.1) is 0 Å². The first-order valence-corrected chi connectivity index (χ1v) is 7.81. The molecule has 0 aromatic rings. The van der Waals surface area contributed by atoms with Gasteiger partial charge in [-0.05, 0) is 31.3 Å². The van der Waals surface area contributed by atoms with Crippen molar-refractivity contribution < 1.29 is 9.90 Å². The number of piperazine rings is 1. The first kappa shape index (κ1) is 15.7. The average Bonchev–Trinajstić information content (AvgIpc) is 2.38. The summed E-state index contributed by atoms with van der Waals surface area (Å²) in [6.07, 6.45) is 2.45. The van der Waals surface area contributed by atoms with Crippen LogP contribution in [-0.2, 0) is 4.79 Å². The Morgan fingerprint density at radius 1 is 1.15 bits per heavy atom. The molecular weight excluding hydrogens is 254 g/mol. The number of carbonyl (C=O) groups is 1. The molecule has 2 saturated heterocycles. The van der Waals surface area contributed by atoms with E-state index in [0.717, 1.165) is 39.3 Å². The quantitative estimate of drug-likeness (QED) is 0.804. The van der Waals surface area contributed by atoms with E-state index >= 15 is 0 Å². The SMILES string of the molecule is CC(C)(C)C(C(=O)O)N1CCN(C2CCNCC2)CC1. The van der Waals surface area contributed by atoms with Gasteiger partial charge in [-0.2, -0.15) is 0 Å². The molecule has 0 spiro atoms. The number of carboxylic acid groups (broad SMARTS) is 1. The van der Waals surface area contributed by atoms with Crippen molar-refractivity contribution in [1.82, 2.24) is 15.1 Å². The van der Waals surface area contributed by atoms with Gasteiger partial charge in [-0.1, -0.05) is 20.8 Å². The molecule has 0 aromatic carbocycles. The standard InChI is InChI=1S/C15H29N3O2/c1-15(2,3)13(14(19)20)18-10-8-17(9-11-18)12-4-6-16-7-5-12/h12-13,16H,4-11H2,1-3H3,(H,19,20). The average molecular weight is 283 g/mol. The van der Waals surface area contributed by atoms with Crippen molar-refractivity contribution in [2.45, 2.75) is 45.7 Å². The van der Waals surface area contributed by atoms with Gasteiger partial charge in [0.2, 0.25) is 0 Å². The molecule has 1 unspecified atom stereocenters. The number of nitrogens with one attached hydrogen (secondary N) is 1. The van der Waals surface area contributed by atoms with E-state index in [1.54, 1.807) is 0 Å². The summed E-state index contributed by atoms with van der Waals surface area (Å²) >= 11 is 0. The first-order chi connectivity index (χ1) is 9.39. The maximum absolute atomic E-state index is 11.6. The van der Waals surface area contributed by atoms with Crippen LogP contribution in [0.15, 0.2) is 0 Å². The van der Waals surface area contributed by atoms with Gasteiger partial charge in [0.15, 0.2) is 0 Å². The lowest BCUT2D eigenvalue weighted by Gasteiger charge is -2.45. The summed E-state index contributed by atoms with van der Waals surface area (Å²) in [5, 5.41) is 12.9. The summed E-state index contributed by atoms with van der Waals surface area (Å²) in [5.41, 5.74) is -0.219. The molecule has 0 aromatic heterocycles. The zero-order valence-corrected chi connectivity index (χ0v) is 13.1. The monoisotopic (exact) mass is 283 g/mol. The number of nitrogens with zero attached hydrogens (tertiary/aromatic N) is 2. The fourth-order valence-corrected chi connectivity index (χ4v) is 3.61. The van der Waals surface area contributed by atoms with Crippen molar-refractivity contribution >= 4 is 5.97 Å². The maximum atomic E-state index is 11.6. The van der Waals surface area contributed by atoms with E-state index in [-0.39, 0.29) is 11.5 Å². The van der Waals surface area contributed by atoms with Gasteiger partial charge >= 0.3 is 5.97 Å². The molecule has 0 bridgehead atoms. The Bertz CT molecular complexity index is 327. The third kappa shape index (κ3) is 3.71. The van der Waals surface area contributed by atoms with Crippen LogP contribution in [0, 0.1) is 5.41 Å². The molecule has 2 aliphatic rings. The number of carboxylic acids is 1. The molecule has 20 heavy (non-hydrogen) atoms. The van der Waals surface area contributed by atoms with E-state index < -0.39 is 5.97 Å². The maximum Gasteiger partial charge on any atom is 0.321 e. The number of hydrogen-bond donors (Lipinski definition) is 2. The highest BCUT2D eigenvalue weighted by molar-refractivity contribution is 5.74. The molecule has 5 nitrogen and oxygen atoms in total. The van der Waals surface area contributed by atoms with Crippen LogP contribution in [0.3, 0.4) is 0 Å². The minimum Gasteiger partial charge on any atom is -0.480 e. The molecule has 5 heteroatoms. The van der Waals surface area contributed by atoms with E-state index in [1.165, 1.54) is 12.8 Å². The topological polar surface area (TPSA) is 55.8 Å². The molecule has 2 aliphatic heterocycles. The molecule has 0 radical (unpaired) electrons. The lowest BCUT2D eigenvalue weighted by atomic mass is 9.85. The van der Waals surface area contributed by atoms with Gasteiger partial charge < -0.3 is 10.4 Å². The van der Waals surface area contributed by atoms with Crippen LogP contribution in [0.1, 0.15) is 33.6 Å². The van der Waals surface area contributed by atoms with Crippen LogP contribution >= 0.6 is 0 Å². The third-order valence-electron chi connectivity index (χ3n) is 4.59. The van der Waals surface area contributed by atoms with Crippen LogP contribution in [0.25, 0.3) is 0 Å². The summed E-state index contributed by atoms with van der Waals surface area (Å²) in [6, 6.07) is 0.314. The second-order valence-corrected chi connectivity index (χ2v) is 7.16. The molecule has 0 saturated carbocycles. The number of hydrogen-bond acceptors (Lipinski definition) is 4. The van der Waals surface area contributed by atoms with Gasteiger partial charge in [0.05, 0.1) is 0 Å². The Morgan fingerprint density at radius 2 is 1.70 bits per heavy atom. The molecule has 2 rings (SSSR count). The highest BCUT2D eigenvalue weighted by Crippen LogP contribution is 2.26. The molecule has 116 valence electrons. The van der Waals surface area contributed by atoms with Crippen molar-refractivity contribution in [1.29, 1.82) is 0 Å². The normalized spacial score (nSPS) is 25.6. The van der Waals surface area contributed by atoms with E-state index in [1.807, 2.05) is 20.8 Å². The molecule has 0 amide bonds. The Kier molecular flexibility index (Phi) is 5.04. The smallest absolute Gasteiger partial charge is 0.321 e. The predicted octanol–water partition coefficient (Wildman–Crippen LogP) is 0.855. The zero-order valence-electron chi connectivity index (χ0n) is 13.1. The lowest BCUT2D eigenvalue weighted by Crippen LogP contribution is -2.59. The predicted molar refractivity (Wildman–Crippen MR) is 79.9 cm³/mol. The second-order valence-electron chi connectivity index (χ2n) is 7.16. The van der Waals surface area contributed by atoms with Crippen molar-refractivity contribution in [3.05, 3.63) is 0 Å². The van der Waals surface area contributed by atoms with E-state index in [0.29, 0.717) is 6.04 Å². The first-order valence-electron chi connectivity index (χ1n) is 7.81. The number of aliphatic carboxylic acids is 1. The largest absolute Gasteiger partial charge is 0.480 e. The van der Waals surface area contributed by atoms with Crippen molar-refractivity contribution in [3.63, 3.8) is 0 Å². The summed E-state index contributed by atoms with van der Waals surface area (Å²) in [7, 11) is 0. The van der Waals surface area contributed by atoms with E-state index in [4.69, 9.17) is 0 Å². The minimum atomic E-state index is -0.687. The summed E-state index contributed by atoms with van der Waals surface area (Å²) < 4.78 is 0. The van der Waals surface area contributed by atoms with Gasteiger partial charge in [-0.3, -0.25) is 14.6 Å². The van der Waals surface area contributed by atoms with Crippen LogP contribution in [0.4, 0.5) is 0 Å². The number of rotatable bonds is 3. The fraction of sp³-hybridized carbons (Fsp3) is 0.933. The zero-order chi connectivity index (χ0) is 14.8. The molecule has 1 atom stereocenters. The van der Waals surface area contributed by atoms with Gasteiger partial charge in [0.1, 0.15) is 6.04 Å². The van der Waals surface area contributed by atoms with Crippen LogP contribution in [-0.4, -0.2) is 72.2 Å². The van der Waals surface area contributed by atoms with Crippen LogP contribution in [0.2, 0.25) is 0 Å². The Balaban J connectivity index is 1.91. The summed E-state index contributed by atoms with van der Waals surface area (Å²) in [4.78, 5) is 16.3. The Labute approximate surface area is 122 Å². The van der Waals surface area contributed by atoms with Gasteiger partial charge in [-0.25, -0.2) is 0 Å². The number of piperidine rings is 1. The summed E-state index contributed by atoms with van der Waals surface area (Å²) in [6.45, 7) is 12.0. The van der Waals surface area contributed by atoms with E-state index in [9.17, 15) is 9.90 Å². The van der Waals surface area contributed by atoms with Crippen molar-refractivity contribution in [3.8, 4) is 0 Å². The highest BCUT2D eigenvalue weighted by Gasteiger charge is 2.38. The fourth-order valence-electron chi connectivity index (χ4n) is 3.61. The van der Waals surface area contributed by atoms with Crippen molar-refractivity contribution in [2.24, 2.45) is 5.41 Å². The van der Waals surface area contributed by atoms with E-state index in [2.05, 4.69) is 15.1 Å². The Hall–Kier alpha value is -0.650. The minimum absolute atomic E-state index is 0.219. The van der Waals surface area contributed by atoms with Gasteiger partial charge in [0.25, 0.3) is 0 Å². The van der Waals surface area contributed by atoms with Crippen LogP contribution in [0.5, 0.6) is 0 Å². The van der Waals surface area contributed by atoms with Crippen molar-refractivity contribution in [2.75, 3.05) is 39.3 Å². The Morgan fingerprint density at radius 3 is 2.15 bits per heavy atom. The molecular formula is C15H29N3O2. The molecule has 0 aliphatic carbocycles. The summed E-state index contributed by atoms with van der Waals surface area (Å²) in [5.74, 6) is -0.687. The van der Waals surface area contributed by atoms with Gasteiger partial charge in [0, 0.05) is 32.2 Å². The third-order valence-corrected chi connectivity index (χ3v) is 4.59. The van der Waals surface area contributed by atoms with Crippen LogP contribution < -0.4 is 5.32 Å². The lowest BCUT2D eigenvalue weighted by molar-refractivity contribution is -0.149. The highest BCUT2D eigenvalue weighted by atomic mass is 16.4. The molecule has 2 N–H and O–H groups in total.